The Labute approximate surface area is 229 Å². The second-order valence-electron chi connectivity index (χ2n) is 8.68. The van der Waals surface area contributed by atoms with Crippen molar-refractivity contribution in [3.63, 3.8) is 0 Å². The minimum absolute atomic E-state index is 0.0867. The molecule has 1 atom stereocenters. The standard InChI is InChI=1S/C30H26N4O6/c1-2-38-29(36)26-23(31-30(37)32-28(26)24-14-9-17-39-24)19-40-25(35)16-15-21-18-34(22-12-7-4-8-13-22)33-27(21)20-10-5-3-6-11-20/h3-18,28H,2,19H2,1H3,(H2,31,32,37)/b16-15-/t28-/m0/s1. The summed E-state index contributed by atoms with van der Waals surface area (Å²) in [6, 6.07) is 21.0. The summed E-state index contributed by atoms with van der Waals surface area (Å²) in [7, 11) is 0. The zero-order valence-electron chi connectivity index (χ0n) is 21.6. The van der Waals surface area contributed by atoms with E-state index in [-0.39, 0.29) is 24.5 Å². The van der Waals surface area contributed by atoms with Crippen molar-refractivity contribution in [3.05, 3.63) is 114 Å². The van der Waals surface area contributed by atoms with Crippen LogP contribution >= 0.6 is 0 Å². The Morgan fingerprint density at radius 3 is 2.48 bits per heavy atom. The zero-order valence-corrected chi connectivity index (χ0v) is 21.6. The number of aromatic nitrogens is 2. The van der Waals surface area contributed by atoms with Gasteiger partial charge in [0.1, 0.15) is 18.4 Å². The third-order valence-electron chi connectivity index (χ3n) is 6.04. The minimum Gasteiger partial charge on any atom is -0.467 e. The molecule has 0 bridgehead atoms. The van der Waals surface area contributed by atoms with Crippen LogP contribution in [0.2, 0.25) is 0 Å². The van der Waals surface area contributed by atoms with Crippen LogP contribution in [0.1, 0.15) is 24.3 Å². The molecule has 0 aliphatic carbocycles. The molecular weight excluding hydrogens is 512 g/mol. The van der Waals surface area contributed by atoms with Crippen LogP contribution in [0.4, 0.5) is 4.79 Å². The van der Waals surface area contributed by atoms with Crippen molar-refractivity contribution >= 4 is 24.0 Å². The van der Waals surface area contributed by atoms with Gasteiger partial charge in [0.05, 0.1) is 35.5 Å². The number of nitrogens with one attached hydrogen (secondary N) is 2. The van der Waals surface area contributed by atoms with Crippen molar-refractivity contribution in [2.24, 2.45) is 0 Å². The third kappa shape index (κ3) is 5.86. The fourth-order valence-corrected chi connectivity index (χ4v) is 4.24. The van der Waals surface area contributed by atoms with E-state index in [0.717, 1.165) is 11.3 Å². The van der Waals surface area contributed by atoms with E-state index >= 15 is 0 Å². The van der Waals surface area contributed by atoms with Crippen LogP contribution in [0, 0.1) is 0 Å². The molecule has 0 saturated heterocycles. The van der Waals surface area contributed by atoms with E-state index in [9.17, 15) is 14.4 Å². The number of carbonyl (C=O) groups is 3. The molecular formula is C30H26N4O6. The number of rotatable bonds is 9. The van der Waals surface area contributed by atoms with Gasteiger partial charge in [-0.1, -0.05) is 48.5 Å². The molecule has 5 rings (SSSR count). The van der Waals surface area contributed by atoms with Crippen LogP contribution in [-0.2, 0) is 19.1 Å². The average molecular weight is 539 g/mol. The predicted octanol–water partition coefficient (Wildman–Crippen LogP) is 4.56. The Bertz CT molecular complexity index is 1560. The summed E-state index contributed by atoms with van der Waals surface area (Å²) in [4.78, 5) is 37.9. The monoisotopic (exact) mass is 538 g/mol. The molecule has 2 N–H and O–H groups in total. The normalized spacial score (nSPS) is 15.0. The maximum Gasteiger partial charge on any atom is 0.338 e. The van der Waals surface area contributed by atoms with Crippen LogP contribution in [0.5, 0.6) is 0 Å². The van der Waals surface area contributed by atoms with E-state index < -0.39 is 24.0 Å². The second kappa shape index (κ2) is 12.0. The van der Waals surface area contributed by atoms with Gasteiger partial charge in [-0.2, -0.15) is 5.10 Å². The number of para-hydroxylation sites is 1. The van der Waals surface area contributed by atoms with Crippen molar-refractivity contribution in [2.45, 2.75) is 13.0 Å². The van der Waals surface area contributed by atoms with Gasteiger partial charge in [0.15, 0.2) is 0 Å². The highest BCUT2D eigenvalue weighted by Crippen LogP contribution is 2.28. The number of benzene rings is 2. The fraction of sp³-hybridized carbons (Fsp3) is 0.133. The molecule has 0 saturated carbocycles. The lowest BCUT2D eigenvalue weighted by molar-refractivity contribution is -0.140. The second-order valence-corrected chi connectivity index (χ2v) is 8.68. The highest BCUT2D eigenvalue weighted by molar-refractivity contribution is 5.95. The first-order chi connectivity index (χ1) is 19.5. The molecule has 1 aliphatic heterocycles. The fourth-order valence-electron chi connectivity index (χ4n) is 4.24. The summed E-state index contributed by atoms with van der Waals surface area (Å²) in [5, 5.41) is 9.92. The summed E-state index contributed by atoms with van der Waals surface area (Å²) in [5.74, 6) is -1.01. The molecule has 0 unspecified atom stereocenters. The molecule has 2 aromatic heterocycles. The smallest absolute Gasteiger partial charge is 0.338 e. The zero-order chi connectivity index (χ0) is 27.9. The van der Waals surface area contributed by atoms with Gasteiger partial charge < -0.3 is 24.5 Å². The van der Waals surface area contributed by atoms with Crippen LogP contribution in [0.25, 0.3) is 23.0 Å². The maximum absolute atomic E-state index is 12.8. The summed E-state index contributed by atoms with van der Waals surface area (Å²) < 4.78 is 17.8. The molecule has 2 aromatic carbocycles. The Balaban J connectivity index is 1.38. The van der Waals surface area contributed by atoms with Crippen LogP contribution < -0.4 is 10.6 Å². The van der Waals surface area contributed by atoms with Crippen molar-refractivity contribution in [1.82, 2.24) is 20.4 Å². The lowest BCUT2D eigenvalue weighted by Crippen LogP contribution is -2.47. The Morgan fingerprint density at radius 2 is 1.77 bits per heavy atom. The van der Waals surface area contributed by atoms with Gasteiger partial charge in [0.2, 0.25) is 0 Å². The van der Waals surface area contributed by atoms with Crippen molar-refractivity contribution < 1.29 is 28.3 Å². The van der Waals surface area contributed by atoms with Gasteiger partial charge in [-0.25, -0.2) is 19.1 Å². The molecule has 10 nitrogen and oxygen atoms in total. The molecule has 0 spiro atoms. The lowest BCUT2D eigenvalue weighted by Gasteiger charge is -2.27. The van der Waals surface area contributed by atoms with E-state index in [1.807, 2.05) is 66.9 Å². The largest absolute Gasteiger partial charge is 0.467 e. The van der Waals surface area contributed by atoms with Gasteiger partial charge in [0.25, 0.3) is 0 Å². The summed E-state index contributed by atoms with van der Waals surface area (Å²) in [5.41, 5.74) is 3.33. The lowest BCUT2D eigenvalue weighted by atomic mass is 10.0. The third-order valence-corrected chi connectivity index (χ3v) is 6.04. The van der Waals surface area contributed by atoms with Crippen molar-refractivity contribution in [1.29, 1.82) is 0 Å². The summed E-state index contributed by atoms with van der Waals surface area (Å²) >= 11 is 0. The Morgan fingerprint density at radius 1 is 1.02 bits per heavy atom. The summed E-state index contributed by atoms with van der Waals surface area (Å²) in [6.07, 6.45) is 6.14. The molecule has 1 aliphatic rings. The highest BCUT2D eigenvalue weighted by atomic mass is 16.5. The Hall–Kier alpha value is -5.38. The molecule has 10 heteroatoms. The number of esters is 2. The maximum atomic E-state index is 12.8. The first kappa shape index (κ1) is 26.2. The molecule has 2 amide bonds. The topological polar surface area (TPSA) is 125 Å². The van der Waals surface area contributed by atoms with Crippen molar-refractivity contribution in [3.8, 4) is 16.9 Å². The molecule has 0 fully saturated rings. The number of hydrogen-bond acceptors (Lipinski definition) is 7. The highest BCUT2D eigenvalue weighted by Gasteiger charge is 2.35. The molecule has 40 heavy (non-hydrogen) atoms. The van der Waals surface area contributed by atoms with Crippen LogP contribution in [0.15, 0.2) is 107 Å². The van der Waals surface area contributed by atoms with E-state index in [1.165, 1.54) is 12.3 Å². The SMILES string of the molecule is CCOC(=O)C1=C(COC(=O)/C=C\c2cn(-c3ccccc3)nc2-c2ccccc2)NC(=O)N[C@H]1c1ccco1. The van der Waals surface area contributed by atoms with E-state index in [2.05, 4.69) is 10.6 Å². The average Bonchev–Trinajstić information content (AvgIpc) is 3.67. The van der Waals surface area contributed by atoms with Gasteiger partial charge in [-0.15, -0.1) is 0 Å². The first-order valence-corrected chi connectivity index (χ1v) is 12.6. The number of hydrogen-bond donors (Lipinski definition) is 2. The minimum atomic E-state index is -0.899. The van der Waals surface area contributed by atoms with Crippen LogP contribution in [0.3, 0.4) is 0 Å². The van der Waals surface area contributed by atoms with Crippen LogP contribution in [-0.4, -0.2) is 41.0 Å². The first-order valence-electron chi connectivity index (χ1n) is 12.6. The number of amides is 2. The van der Waals surface area contributed by atoms with E-state index in [1.54, 1.807) is 29.8 Å². The van der Waals surface area contributed by atoms with E-state index in [4.69, 9.17) is 19.0 Å². The number of furan rings is 1. The number of carbonyl (C=O) groups excluding carboxylic acids is 3. The molecule has 3 heterocycles. The quantitative estimate of drug-likeness (QED) is 0.236. The number of nitrogens with zero attached hydrogens (tertiary/aromatic N) is 2. The van der Waals surface area contributed by atoms with Gasteiger partial charge in [-0.05, 0) is 37.3 Å². The van der Waals surface area contributed by atoms with Crippen molar-refractivity contribution in [2.75, 3.05) is 13.2 Å². The van der Waals surface area contributed by atoms with Gasteiger partial charge >= 0.3 is 18.0 Å². The molecule has 4 aromatic rings. The molecule has 202 valence electrons. The predicted molar refractivity (Wildman–Crippen MR) is 146 cm³/mol. The van der Waals surface area contributed by atoms with E-state index in [0.29, 0.717) is 17.0 Å². The number of ether oxygens (including phenoxy) is 2. The van der Waals surface area contributed by atoms with Gasteiger partial charge in [0, 0.05) is 23.4 Å². The Kier molecular flexibility index (Phi) is 7.87. The molecule has 0 radical (unpaired) electrons. The number of urea groups is 1. The van der Waals surface area contributed by atoms with Gasteiger partial charge in [-0.3, -0.25) is 0 Å². The summed E-state index contributed by atoms with van der Waals surface area (Å²) in [6.45, 7) is 1.43.